The number of hydrogen-bond acceptors (Lipinski definition) is 4. The summed E-state index contributed by atoms with van der Waals surface area (Å²) < 4.78 is 1.38. The van der Waals surface area contributed by atoms with E-state index in [1.165, 1.54) is 11.8 Å². The fourth-order valence-corrected chi connectivity index (χ4v) is 3.53. The smallest absolute Gasteiger partial charge is 0.266 e. The molecule has 1 saturated heterocycles. The summed E-state index contributed by atoms with van der Waals surface area (Å²) in [6.07, 6.45) is 2.70. The number of nitrogens with zero attached hydrogens (tertiary/aromatic N) is 1. The van der Waals surface area contributed by atoms with Gasteiger partial charge in [0.05, 0.1) is 8.48 Å². The zero-order valence-electron chi connectivity index (χ0n) is 10.2. The summed E-state index contributed by atoms with van der Waals surface area (Å²) in [6, 6.07) is 5.24. The van der Waals surface area contributed by atoms with Crippen LogP contribution in [0.2, 0.25) is 0 Å². The lowest BCUT2D eigenvalue weighted by molar-refractivity contribution is -0.122. The summed E-state index contributed by atoms with van der Waals surface area (Å²) in [7, 11) is 0. The quantitative estimate of drug-likeness (QED) is 0.474. The Kier molecular flexibility index (Phi) is 4.86. The highest BCUT2D eigenvalue weighted by molar-refractivity contribution is 14.1. The van der Waals surface area contributed by atoms with Crippen molar-refractivity contribution in [3.8, 4) is 5.75 Å². The third kappa shape index (κ3) is 3.29. The standard InChI is InChI=1S/C13H12INO2S2/c1-2-5-15-12(17)11(19-13(15)18)7-8-3-4-10(16)9(14)6-8/h3-4,6-7,16H,2,5H2,1H3/b11-7+. The van der Waals surface area contributed by atoms with Crippen molar-refractivity contribution in [3.05, 3.63) is 32.2 Å². The largest absolute Gasteiger partial charge is 0.507 e. The van der Waals surface area contributed by atoms with Crippen molar-refractivity contribution >= 4 is 62.9 Å². The lowest BCUT2D eigenvalue weighted by atomic mass is 10.2. The van der Waals surface area contributed by atoms with Gasteiger partial charge in [0.25, 0.3) is 5.91 Å². The molecule has 0 aliphatic carbocycles. The molecule has 1 aliphatic rings. The number of benzene rings is 1. The normalized spacial score (nSPS) is 17.6. The number of hydrogen-bond donors (Lipinski definition) is 1. The van der Waals surface area contributed by atoms with E-state index in [2.05, 4.69) is 22.6 Å². The van der Waals surface area contributed by atoms with Crippen molar-refractivity contribution in [2.45, 2.75) is 13.3 Å². The van der Waals surface area contributed by atoms with Gasteiger partial charge in [-0.3, -0.25) is 9.69 Å². The van der Waals surface area contributed by atoms with Gasteiger partial charge in [-0.15, -0.1) is 0 Å². The number of phenolic OH excluding ortho intramolecular Hbond substituents is 1. The summed E-state index contributed by atoms with van der Waals surface area (Å²) in [6.45, 7) is 2.68. The van der Waals surface area contributed by atoms with Gasteiger partial charge in [-0.1, -0.05) is 37.0 Å². The van der Waals surface area contributed by atoms with E-state index in [0.29, 0.717) is 15.8 Å². The third-order valence-corrected chi connectivity index (χ3v) is 4.83. The van der Waals surface area contributed by atoms with Crippen LogP contribution in [0.5, 0.6) is 5.75 Å². The maximum absolute atomic E-state index is 12.2. The van der Waals surface area contributed by atoms with E-state index in [1.807, 2.05) is 19.1 Å². The fraction of sp³-hybridized carbons (Fsp3) is 0.231. The summed E-state index contributed by atoms with van der Waals surface area (Å²) in [5.74, 6) is 0.219. The molecule has 1 N–H and O–H groups in total. The molecular weight excluding hydrogens is 393 g/mol. The number of aromatic hydroxyl groups is 1. The van der Waals surface area contributed by atoms with Crippen LogP contribution in [0.1, 0.15) is 18.9 Å². The number of carbonyl (C=O) groups is 1. The SMILES string of the molecule is CCCN1C(=O)/C(=C\c2ccc(O)c(I)c2)SC1=S. The van der Waals surface area contributed by atoms with Crippen LogP contribution in [0.15, 0.2) is 23.1 Å². The third-order valence-electron chi connectivity index (χ3n) is 2.59. The van der Waals surface area contributed by atoms with E-state index in [0.717, 1.165) is 15.6 Å². The Labute approximate surface area is 135 Å². The van der Waals surface area contributed by atoms with Gasteiger partial charge >= 0.3 is 0 Å². The van der Waals surface area contributed by atoms with Gasteiger partial charge in [0.2, 0.25) is 0 Å². The Hall–Kier alpha value is -0.600. The number of halogens is 1. The van der Waals surface area contributed by atoms with E-state index < -0.39 is 0 Å². The first-order valence-corrected chi connectivity index (χ1v) is 8.07. The lowest BCUT2D eigenvalue weighted by Gasteiger charge is -2.11. The second kappa shape index (κ2) is 6.23. The van der Waals surface area contributed by atoms with Crippen LogP contribution in [0, 0.1) is 3.57 Å². The monoisotopic (exact) mass is 405 g/mol. The Morgan fingerprint density at radius 1 is 1.53 bits per heavy atom. The highest BCUT2D eigenvalue weighted by atomic mass is 127. The minimum absolute atomic E-state index is 0.0278. The molecule has 1 heterocycles. The van der Waals surface area contributed by atoms with Gasteiger partial charge in [0, 0.05) is 6.54 Å². The molecule has 0 unspecified atom stereocenters. The average Bonchev–Trinajstić information content (AvgIpc) is 2.62. The Morgan fingerprint density at radius 2 is 2.26 bits per heavy atom. The van der Waals surface area contributed by atoms with Crippen molar-refractivity contribution in [2.24, 2.45) is 0 Å². The Bertz CT molecular complexity index is 572. The predicted molar refractivity (Wildman–Crippen MR) is 91.0 cm³/mol. The maximum Gasteiger partial charge on any atom is 0.266 e. The summed E-state index contributed by atoms with van der Waals surface area (Å²) in [4.78, 5) is 14.4. The van der Waals surface area contributed by atoms with Gasteiger partial charge in [-0.2, -0.15) is 0 Å². The molecule has 1 aromatic carbocycles. The van der Waals surface area contributed by atoms with Crippen molar-refractivity contribution in [1.29, 1.82) is 0 Å². The van der Waals surface area contributed by atoms with Gasteiger partial charge in [0.1, 0.15) is 10.1 Å². The Balaban J connectivity index is 2.27. The zero-order valence-corrected chi connectivity index (χ0v) is 14.0. The van der Waals surface area contributed by atoms with Crippen molar-refractivity contribution in [2.75, 3.05) is 6.54 Å². The number of phenols is 1. The highest BCUT2D eigenvalue weighted by Crippen LogP contribution is 2.33. The summed E-state index contributed by atoms with van der Waals surface area (Å²) in [5.41, 5.74) is 0.888. The first kappa shape index (κ1) is 14.8. The number of rotatable bonds is 3. The highest BCUT2D eigenvalue weighted by Gasteiger charge is 2.31. The molecule has 100 valence electrons. The minimum Gasteiger partial charge on any atom is -0.507 e. The first-order chi connectivity index (χ1) is 9.02. The van der Waals surface area contributed by atoms with Crippen LogP contribution in [0.4, 0.5) is 0 Å². The van der Waals surface area contributed by atoms with Crippen molar-refractivity contribution < 1.29 is 9.90 Å². The fourth-order valence-electron chi connectivity index (χ4n) is 1.68. The molecule has 0 bridgehead atoms. The molecule has 1 amide bonds. The van der Waals surface area contributed by atoms with Crippen LogP contribution in [0.3, 0.4) is 0 Å². The number of carbonyl (C=O) groups excluding carboxylic acids is 1. The molecular formula is C13H12INO2S2. The molecule has 0 atom stereocenters. The molecule has 0 spiro atoms. The molecule has 19 heavy (non-hydrogen) atoms. The molecule has 3 nitrogen and oxygen atoms in total. The van der Waals surface area contributed by atoms with Crippen molar-refractivity contribution in [3.63, 3.8) is 0 Å². The van der Waals surface area contributed by atoms with Crippen molar-refractivity contribution in [1.82, 2.24) is 4.90 Å². The minimum atomic E-state index is -0.0278. The number of thioether (sulfide) groups is 1. The van der Waals surface area contributed by atoms with E-state index >= 15 is 0 Å². The number of thiocarbonyl (C=S) groups is 1. The topological polar surface area (TPSA) is 40.5 Å². The van der Waals surface area contributed by atoms with Gasteiger partial charge in [-0.05, 0) is 52.8 Å². The van der Waals surface area contributed by atoms with Crippen LogP contribution < -0.4 is 0 Å². The molecule has 0 aromatic heterocycles. The van der Waals surface area contributed by atoms with Gasteiger partial charge in [-0.25, -0.2) is 0 Å². The lowest BCUT2D eigenvalue weighted by Crippen LogP contribution is -2.28. The van der Waals surface area contributed by atoms with E-state index in [4.69, 9.17) is 12.2 Å². The van der Waals surface area contributed by atoms with E-state index in [1.54, 1.807) is 17.0 Å². The van der Waals surface area contributed by atoms with Gasteiger partial charge in [0.15, 0.2) is 0 Å². The van der Waals surface area contributed by atoms with E-state index in [9.17, 15) is 9.90 Å². The first-order valence-electron chi connectivity index (χ1n) is 5.77. The van der Waals surface area contributed by atoms with Crippen LogP contribution in [-0.4, -0.2) is 26.8 Å². The van der Waals surface area contributed by atoms with Gasteiger partial charge < -0.3 is 5.11 Å². The molecule has 1 aliphatic heterocycles. The second-order valence-electron chi connectivity index (χ2n) is 4.04. The van der Waals surface area contributed by atoms with Crippen LogP contribution >= 0.6 is 46.6 Å². The molecule has 1 fully saturated rings. The van der Waals surface area contributed by atoms with E-state index in [-0.39, 0.29) is 11.7 Å². The predicted octanol–water partition coefficient (Wildman–Crippen LogP) is 3.61. The molecule has 0 radical (unpaired) electrons. The number of amides is 1. The maximum atomic E-state index is 12.2. The van der Waals surface area contributed by atoms with Crippen LogP contribution in [0.25, 0.3) is 6.08 Å². The summed E-state index contributed by atoms with van der Waals surface area (Å²) in [5, 5.41) is 9.48. The Morgan fingerprint density at radius 3 is 2.89 bits per heavy atom. The molecule has 6 heteroatoms. The summed E-state index contributed by atoms with van der Waals surface area (Å²) >= 11 is 8.60. The zero-order chi connectivity index (χ0) is 14.0. The van der Waals surface area contributed by atoms with Crippen LogP contribution in [-0.2, 0) is 4.79 Å². The second-order valence-corrected chi connectivity index (χ2v) is 6.88. The molecule has 0 saturated carbocycles. The average molecular weight is 405 g/mol. The molecule has 2 rings (SSSR count). The molecule has 1 aromatic rings.